The van der Waals surface area contributed by atoms with Crippen molar-refractivity contribution >= 4 is 80.6 Å². The van der Waals surface area contributed by atoms with Crippen molar-refractivity contribution in [3.05, 3.63) is 132 Å². The molecule has 0 saturated heterocycles. The van der Waals surface area contributed by atoms with Gasteiger partial charge in [-0.1, -0.05) is 92.7 Å². The van der Waals surface area contributed by atoms with Gasteiger partial charge in [0.1, 0.15) is 5.65 Å². The Balaban J connectivity index is 1.24. The second-order valence-electron chi connectivity index (χ2n) is 13.2. The van der Waals surface area contributed by atoms with Crippen LogP contribution in [0.2, 0.25) is 0 Å². The Hall–Kier alpha value is -5.25. The first kappa shape index (κ1) is 24.1. The van der Waals surface area contributed by atoms with Crippen LogP contribution in [0.15, 0.2) is 121 Å². The average molecular weight is 591 g/mol. The third-order valence-corrected chi connectivity index (χ3v) is 11.6. The lowest BCUT2D eigenvalue weighted by molar-refractivity contribution is 0.660. The molecule has 0 atom stereocenters. The van der Waals surface area contributed by atoms with Gasteiger partial charge in [0.25, 0.3) is 0 Å². The quantitative estimate of drug-likeness (QED) is 0.186. The van der Waals surface area contributed by atoms with Crippen LogP contribution in [0, 0.1) is 0 Å². The van der Waals surface area contributed by atoms with Crippen LogP contribution in [0.3, 0.4) is 0 Å². The highest BCUT2D eigenvalue weighted by Gasteiger charge is 2.35. The lowest BCUT2D eigenvalue weighted by Gasteiger charge is -2.22. The molecule has 0 aliphatic heterocycles. The normalized spacial score (nSPS) is 14.2. The van der Waals surface area contributed by atoms with Crippen LogP contribution < -0.4 is 0 Å². The van der Waals surface area contributed by atoms with Crippen molar-refractivity contribution in [2.45, 2.75) is 19.3 Å². The van der Waals surface area contributed by atoms with Crippen LogP contribution in [0.5, 0.6) is 0 Å². The topological polar surface area (TPSA) is 17.3 Å². The first-order valence-electron chi connectivity index (χ1n) is 15.6. The van der Waals surface area contributed by atoms with E-state index in [1.807, 2.05) is 11.3 Å². The molecule has 0 radical (unpaired) electrons. The fraction of sp³-hybridized carbons (Fsp3) is 0.0714. The molecule has 1 aliphatic carbocycles. The minimum atomic E-state index is -0.0251. The van der Waals surface area contributed by atoms with Crippen molar-refractivity contribution in [1.29, 1.82) is 0 Å². The van der Waals surface area contributed by atoms with Crippen LogP contribution in [-0.4, -0.2) is 9.38 Å². The summed E-state index contributed by atoms with van der Waals surface area (Å²) >= 11 is 1.90. The van der Waals surface area contributed by atoms with Gasteiger partial charge < -0.3 is 0 Å². The number of benzene rings is 6. The molecule has 210 valence electrons. The van der Waals surface area contributed by atoms with Gasteiger partial charge in [0.15, 0.2) is 0 Å². The summed E-state index contributed by atoms with van der Waals surface area (Å²) in [4.78, 5) is 5.31. The molecule has 3 heteroatoms. The minimum absolute atomic E-state index is 0.0251. The van der Waals surface area contributed by atoms with Crippen molar-refractivity contribution in [1.82, 2.24) is 9.38 Å². The summed E-state index contributed by atoms with van der Waals surface area (Å²) in [5.41, 5.74) is 12.6. The maximum absolute atomic E-state index is 5.31. The van der Waals surface area contributed by atoms with Gasteiger partial charge in [0.2, 0.25) is 0 Å². The Morgan fingerprint density at radius 1 is 0.578 bits per heavy atom. The lowest BCUT2D eigenvalue weighted by Crippen LogP contribution is -2.14. The molecule has 0 saturated carbocycles. The molecule has 0 bridgehead atoms. The number of hydrogen-bond donors (Lipinski definition) is 0. The van der Waals surface area contributed by atoms with E-state index in [0.717, 1.165) is 11.2 Å². The molecule has 0 amide bonds. The van der Waals surface area contributed by atoms with Crippen molar-refractivity contribution in [2.75, 3.05) is 0 Å². The Labute approximate surface area is 263 Å². The number of thiophene rings is 1. The van der Waals surface area contributed by atoms with E-state index in [9.17, 15) is 0 Å². The van der Waals surface area contributed by atoms with Gasteiger partial charge >= 0.3 is 0 Å². The Morgan fingerprint density at radius 2 is 1.36 bits per heavy atom. The molecule has 6 aromatic carbocycles. The first-order valence-corrected chi connectivity index (χ1v) is 16.5. The molecule has 4 heterocycles. The van der Waals surface area contributed by atoms with E-state index in [-0.39, 0.29) is 5.41 Å². The highest BCUT2D eigenvalue weighted by atomic mass is 32.1. The maximum atomic E-state index is 5.31. The first-order chi connectivity index (χ1) is 22.1. The van der Waals surface area contributed by atoms with Gasteiger partial charge in [-0.15, -0.1) is 11.3 Å². The largest absolute Gasteiger partial charge is 0.293 e. The summed E-state index contributed by atoms with van der Waals surface area (Å²) in [6.45, 7) is 4.71. The number of aromatic nitrogens is 2. The zero-order valence-electron chi connectivity index (χ0n) is 24.8. The van der Waals surface area contributed by atoms with Gasteiger partial charge in [-0.25, -0.2) is 4.98 Å². The molecule has 0 N–H and O–H groups in total. The molecule has 0 unspecified atom stereocenters. The fourth-order valence-electron chi connectivity index (χ4n) is 8.39. The number of fused-ring (bicyclic) bond motifs is 14. The minimum Gasteiger partial charge on any atom is -0.293 e. The Bertz CT molecular complexity index is 2900. The highest BCUT2D eigenvalue weighted by Crippen LogP contribution is 2.51. The third kappa shape index (κ3) is 2.93. The zero-order chi connectivity index (χ0) is 29.6. The number of rotatable bonds is 1. The number of nitrogens with zero attached hydrogens (tertiary/aromatic N) is 2. The standard InChI is InChI=1S/C42H26N2S/c1-42(2)32-12-6-4-10-26(32)27-17-15-24(21-33(27)42)23-16-18-35-29(19-23)30-22-37-38(28-11-5-8-14-36(28)45-37)39-31-20-25-9-3-7-13-34(25)43-41(31)44(35)40(30)39/h3-22H,1-2H3. The number of para-hydroxylation sites is 1. The summed E-state index contributed by atoms with van der Waals surface area (Å²) < 4.78 is 5.10. The summed E-state index contributed by atoms with van der Waals surface area (Å²) in [6, 6.07) is 45.1. The molecule has 4 aromatic heterocycles. The average Bonchev–Trinajstić information content (AvgIpc) is 3.77. The maximum Gasteiger partial charge on any atom is 0.146 e. The summed E-state index contributed by atoms with van der Waals surface area (Å²) in [7, 11) is 0. The van der Waals surface area contributed by atoms with E-state index >= 15 is 0 Å². The van der Waals surface area contributed by atoms with Gasteiger partial charge in [0.05, 0.1) is 16.6 Å². The van der Waals surface area contributed by atoms with E-state index in [1.54, 1.807) is 0 Å². The molecule has 10 aromatic rings. The van der Waals surface area contributed by atoms with Crippen LogP contribution >= 0.6 is 11.3 Å². The molecular formula is C42H26N2S. The Kier molecular flexibility index (Phi) is 4.32. The predicted octanol–water partition coefficient (Wildman–Crippen LogP) is 11.7. The van der Waals surface area contributed by atoms with E-state index < -0.39 is 0 Å². The Morgan fingerprint density at radius 3 is 2.31 bits per heavy atom. The monoisotopic (exact) mass is 590 g/mol. The van der Waals surface area contributed by atoms with Gasteiger partial charge in [0, 0.05) is 52.5 Å². The van der Waals surface area contributed by atoms with Crippen LogP contribution in [0.1, 0.15) is 25.0 Å². The molecule has 0 spiro atoms. The summed E-state index contributed by atoms with van der Waals surface area (Å²) in [6.07, 6.45) is 0. The van der Waals surface area contributed by atoms with E-state index in [1.165, 1.54) is 91.5 Å². The predicted molar refractivity (Wildman–Crippen MR) is 192 cm³/mol. The lowest BCUT2D eigenvalue weighted by atomic mass is 9.81. The fourth-order valence-corrected chi connectivity index (χ4v) is 9.54. The molecule has 11 rings (SSSR count). The van der Waals surface area contributed by atoms with E-state index in [4.69, 9.17) is 4.98 Å². The summed E-state index contributed by atoms with van der Waals surface area (Å²) in [5, 5.41) is 9.00. The second-order valence-corrected chi connectivity index (χ2v) is 14.3. The van der Waals surface area contributed by atoms with Gasteiger partial charge in [-0.05, 0) is 75.8 Å². The van der Waals surface area contributed by atoms with Crippen molar-refractivity contribution in [3.8, 4) is 22.3 Å². The van der Waals surface area contributed by atoms with Crippen LogP contribution in [-0.2, 0) is 5.41 Å². The van der Waals surface area contributed by atoms with Gasteiger partial charge in [-0.2, -0.15) is 0 Å². The van der Waals surface area contributed by atoms with E-state index in [2.05, 4.69) is 140 Å². The van der Waals surface area contributed by atoms with Crippen molar-refractivity contribution in [3.63, 3.8) is 0 Å². The number of hydrogen-bond acceptors (Lipinski definition) is 2. The van der Waals surface area contributed by atoms with Crippen molar-refractivity contribution in [2.24, 2.45) is 0 Å². The summed E-state index contributed by atoms with van der Waals surface area (Å²) in [5.74, 6) is 0. The SMILES string of the molecule is CC1(C)c2ccccc2-c2ccc(-c3ccc4c(c3)c3cc5sc6ccccc6c5c5c6cc7ccccc7nc6n4c35)cc21. The molecule has 2 nitrogen and oxygen atoms in total. The molecular weight excluding hydrogens is 565 g/mol. The number of pyridine rings is 1. The zero-order valence-corrected chi connectivity index (χ0v) is 25.7. The third-order valence-electron chi connectivity index (χ3n) is 10.5. The van der Waals surface area contributed by atoms with Gasteiger partial charge in [-0.3, -0.25) is 4.40 Å². The highest BCUT2D eigenvalue weighted by molar-refractivity contribution is 7.26. The smallest absolute Gasteiger partial charge is 0.146 e. The van der Waals surface area contributed by atoms with Crippen LogP contribution in [0.25, 0.3) is 91.6 Å². The second kappa shape index (κ2) is 8.06. The van der Waals surface area contributed by atoms with Crippen LogP contribution in [0.4, 0.5) is 0 Å². The molecule has 0 fully saturated rings. The van der Waals surface area contributed by atoms with Crippen molar-refractivity contribution < 1.29 is 0 Å². The van der Waals surface area contributed by atoms with E-state index in [0.29, 0.717) is 0 Å². The molecule has 1 aliphatic rings. The molecule has 45 heavy (non-hydrogen) atoms.